The second kappa shape index (κ2) is 7.87. The summed E-state index contributed by atoms with van der Waals surface area (Å²) < 4.78 is 60.6. The highest BCUT2D eigenvalue weighted by Gasteiger charge is 2.37. The quantitative estimate of drug-likeness (QED) is 0.408. The number of rotatable bonds is 4. The minimum absolute atomic E-state index is 0.00274. The van der Waals surface area contributed by atoms with Crippen molar-refractivity contribution in [2.45, 2.75) is 19.6 Å². The fourth-order valence-corrected chi connectivity index (χ4v) is 3.00. The Balaban J connectivity index is 2.05. The monoisotopic (exact) mass is 426 g/mol. The van der Waals surface area contributed by atoms with Crippen LogP contribution in [0.15, 0.2) is 42.6 Å². The van der Waals surface area contributed by atoms with Gasteiger partial charge in [-0.2, -0.15) is 18.3 Å². The van der Waals surface area contributed by atoms with Gasteiger partial charge in [-0.15, -0.1) is 0 Å². The first-order valence-electron chi connectivity index (χ1n) is 8.38. The highest BCUT2D eigenvalue weighted by Crippen LogP contribution is 2.37. The summed E-state index contributed by atoms with van der Waals surface area (Å²) in [6.07, 6.45) is -3.52. The van der Waals surface area contributed by atoms with Crippen LogP contribution in [0.25, 0.3) is 11.1 Å². The van der Waals surface area contributed by atoms with Crippen LogP contribution in [0.4, 0.5) is 17.6 Å². The molecule has 0 radical (unpaired) electrons. The summed E-state index contributed by atoms with van der Waals surface area (Å²) in [5.41, 5.74) is -0.647. The van der Waals surface area contributed by atoms with Gasteiger partial charge in [-0.05, 0) is 36.2 Å². The van der Waals surface area contributed by atoms with Crippen molar-refractivity contribution in [2.75, 3.05) is 7.11 Å². The average Bonchev–Trinajstić information content (AvgIpc) is 3.09. The fourth-order valence-electron chi connectivity index (χ4n) is 2.88. The first kappa shape index (κ1) is 20.9. The van der Waals surface area contributed by atoms with Gasteiger partial charge in [-0.3, -0.25) is 4.68 Å². The van der Waals surface area contributed by atoms with Crippen LogP contribution in [-0.4, -0.2) is 22.9 Å². The average molecular weight is 427 g/mol. The molecule has 0 unspecified atom stereocenters. The molecule has 2 aromatic carbocycles. The molecule has 0 saturated carbocycles. The Hall–Kier alpha value is -2.87. The topological polar surface area (TPSA) is 44.1 Å². The third kappa shape index (κ3) is 4.27. The summed E-state index contributed by atoms with van der Waals surface area (Å²) in [5, 5.41) is 4.04. The Morgan fingerprint density at radius 3 is 2.59 bits per heavy atom. The number of carbonyl (C=O) groups is 1. The molecule has 0 aliphatic heterocycles. The van der Waals surface area contributed by atoms with E-state index in [2.05, 4.69) is 9.84 Å². The number of halogens is 5. The number of nitrogens with zero attached hydrogens (tertiary/aromatic N) is 2. The minimum atomic E-state index is -4.71. The van der Waals surface area contributed by atoms with E-state index in [1.807, 2.05) is 0 Å². The van der Waals surface area contributed by atoms with Gasteiger partial charge in [0.15, 0.2) is 5.69 Å². The SMILES string of the molecule is COC(=O)c1cccc(Cn2cc(-c3ccc(Cl)c(C)c3)c(C(F)(F)F)n2)c1F. The van der Waals surface area contributed by atoms with Crippen LogP contribution in [0.2, 0.25) is 5.02 Å². The molecule has 4 nitrogen and oxygen atoms in total. The standard InChI is InChI=1S/C20H15ClF4N2O2/c1-11-8-12(6-7-16(11)21)15-10-27(26-18(15)20(23,24)25)9-13-4-3-5-14(17(13)22)19(28)29-2/h3-8,10H,9H2,1-2H3. The van der Waals surface area contributed by atoms with Crippen molar-refractivity contribution in [1.29, 1.82) is 0 Å². The zero-order valence-corrected chi connectivity index (χ0v) is 16.1. The van der Waals surface area contributed by atoms with Crippen molar-refractivity contribution in [3.8, 4) is 11.1 Å². The van der Waals surface area contributed by atoms with Crippen LogP contribution in [0, 0.1) is 12.7 Å². The molecular formula is C20H15ClF4N2O2. The van der Waals surface area contributed by atoms with Crippen molar-refractivity contribution in [2.24, 2.45) is 0 Å². The third-order valence-electron chi connectivity index (χ3n) is 4.32. The molecule has 3 rings (SSSR count). The summed E-state index contributed by atoms with van der Waals surface area (Å²) in [4.78, 5) is 11.6. The molecule has 9 heteroatoms. The lowest BCUT2D eigenvalue weighted by molar-refractivity contribution is -0.141. The molecule has 3 aromatic rings. The Labute approximate surface area is 168 Å². The normalized spacial score (nSPS) is 11.6. The van der Waals surface area contributed by atoms with Gasteiger partial charge in [0.05, 0.1) is 19.2 Å². The van der Waals surface area contributed by atoms with Crippen LogP contribution < -0.4 is 0 Å². The molecule has 0 amide bonds. The number of carbonyl (C=O) groups excluding carboxylic acids is 1. The molecule has 29 heavy (non-hydrogen) atoms. The van der Waals surface area contributed by atoms with E-state index in [9.17, 15) is 22.4 Å². The van der Waals surface area contributed by atoms with Gasteiger partial charge in [0.25, 0.3) is 0 Å². The van der Waals surface area contributed by atoms with E-state index >= 15 is 0 Å². The number of aromatic nitrogens is 2. The van der Waals surface area contributed by atoms with E-state index in [1.165, 1.54) is 42.6 Å². The number of hydrogen-bond donors (Lipinski definition) is 0. The third-order valence-corrected chi connectivity index (χ3v) is 4.74. The van der Waals surface area contributed by atoms with E-state index in [4.69, 9.17) is 11.6 Å². The minimum Gasteiger partial charge on any atom is -0.465 e. The molecule has 0 saturated heterocycles. The summed E-state index contributed by atoms with van der Waals surface area (Å²) in [6, 6.07) is 8.51. The smallest absolute Gasteiger partial charge is 0.435 e. The van der Waals surface area contributed by atoms with E-state index < -0.39 is 23.7 Å². The van der Waals surface area contributed by atoms with Crippen molar-refractivity contribution in [1.82, 2.24) is 9.78 Å². The van der Waals surface area contributed by atoms with Crippen molar-refractivity contribution in [3.63, 3.8) is 0 Å². The lowest BCUT2D eigenvalue weighted by Crippen LogP contribution is -2.11. The van der Waals surface area contributed by atoms with Gasteiger partial charge in [-0.25, -0.2) is 9.18 Å². The number of alkyl halides is 3. The second-order valence-corrected chi connectivity index (χ2v) is 6.73. The predicted molar refractivity (Wildman–Crippen MR) is 99.3 cm³/mol. The number of ether oxygens (including phenoxy) is 1. The van der Waals surface area contributed by atoms with E-state index in [0.717, 1.165) is 11.8 Å². The zero-order chi connectivity index (χ0) is 21.3. The molecule has 0 atom stereocenters. The number of esters is 1. The van der Waals surface area contributed by atoms with Crippen LogP contribution in [-0.2, 0) is 17.5 Å². The second-order valence-electron chi connectivity index (χ2n) is 6.32. The molecule has 1 aromatic heterocycles. The molecule has 0 spiro atoms. The number of benzene rings is 2. The lowest BCUT2D eigenvalue weighted by atomic mass is 10.0. The summed E-state index contributed by atoms with van der Waals surface area (Å²) in [7, 11) is 1.11. The summed E-state index contributed by atoms with van der Waals surface area (Å²) in [5.74, 6) is -1.74. The van der Waals surface area contributed by atoms with Gasteiger partial charge >= 0.3 is 12.1 Å². The Morgan fingerprint density at radius 1 is 1.24 bits per heavy atom. The molecule has 0 aliphatic rings. The molecule has 0 aliphatic carbocycles. The maximum Gasteiger partial charge on any atom is 0.435 e. The maximum absolute atomic E-state index is 14.6. The van der Waals surface area contributed by atoms with E-state index in [0.29, 0.717) is 10.6 Å². The largest absolute Gasteiger partial charge is 0.465 e. The van der Waals surface area contributed by atoms with Crippen molar-refractivity contribution >= 4 is 17.6 Å². The maximum atomic E-state index is 14.6. The van der Waals surface area contributed by atoms with Crippen molar-refractivity contribution in [3.05, 3.63) is 75.8 Å². The van der Waals surface area contributed by atoms with Gasteiger partial charge < -0.3 is 4.74 Å². The molecule has 1 heterocycles. The van der Waals surface area contributed by atoms with Crippen LogP contribution >= 0.6 is 11.6 Å². The molecule has 0 bridgehead atoms. The van der Waals surface area contributed by atoms with Crippen LogP contribution in [0.1, 0.15) is 27.2 Å². The van der Waals surface area contributed by atoms with Gasteiger partial charge in [0.2, 0.25) is 0 Å². The van der Waals surface area contributed by atoms with Gasteiger partial charge in [0.1, 0.15) is 5.82 Å². The van der Waals surface area contributed by atoms with E-state index in [1.54, 1.807) is 6.92 Å². The number of methoxy groups -OCH3 is 1. The van der Waals surface area contributed by atoms with Gasteiger partial charge in [0, 0.05) is 22.3 Å². The Bertz CT molecular complexity index is 1080. The first-order valence-corrected chi connectivity index (χ1v) is 8.76. The first-order chi connectivity index (χ1) is 13.6. The van der Waals surface area contributed by atoms with Crippen LogP contribution in [0.3, 0.4) is 0 Å². The van der Waals surface area contributed by atoms with Crippen molar-refractivity contribution < 1.29 is 27.1 Å². The zero-order valence-electron chi connectivity index (χ0n) is 15.3. The number of aryl methyl sites for hydroxylation is 1. The molecule has 0 N–H and O–H groups in total. The highest BCUT2D eigenvalue weighted by atomic mass is 35.5. The number of hydrogen-bond acceptors (Lipinski definition) is 3. The predicted octanol–water partition coefficient (Wildman–Crippen LogP) is 5.50. The molecule has 0 fully saturated rings. The van der Waals surface area contributed by atoms with E-state index in [-0.39, 0.29) is 28.8 Å². The molecule has 152 valence electrons. The Kier molecular flexibility index (Phi) is 5.66. The summed E-state index contributed by atoms with van der Waals surface area (Å²) >= 11 is 5.96. The molecular weight excluding hydrogens is 412 g/mol. The Morgan fingerprint density at radius 2 is 1.97 bits per heavy atom. The highest BCUT2D eigenvalue weighted by molar-refractivity contribution is 6.31. The summed E-state index contributed by atoms with van der Waals surface area (Å²) in [6.45, 7) is 1.38. The lowest BCUT2D eigenvalue weighted by Gasteiger charge is -2.07. The van der Waals surface area contributed by atoms with Crippen LogP contribution in [0.5, 0.6) is 0 Å². The fraction of sp³-hybridized carbons (Fsp3) is 0.200. The van der Waals surface area contributed by atoms with Gasteiger partial charge in [-0.1, -0.05) is 29.8 Å².